The Kier molecular flexibility index (Phi) is 13.7. The summed E-state index contributed by atoms with van der Waals surface area (Å²) in [5.74, 6) is -2.19. The molecule has 0 saturated carbocycles. The fourth-order valence-electron chi connectivity index (χ4n) is 2.47. The van der Waals surface area contributed by atoms with Crippen molar-refractivity contribution in [3.05, 3.63) is 113 Å². The van der Waals surface area contributed by atoms with Crippen LogP contribution in [0.1, 0.15) is 20.7 Å². The van der Waals surface area contributed by atoms with E-state index in [0.717, 1.165) is 15.6 Å². The molecule has 0 aliphatic heterocycles. The van der Waals surface area contributed by atoms with Gasteiger partial charge in [-0.05, 0) is 58.6 Å². The molecule has 0 aliphatic rings. The van der Waals surface area contributed by atoms with Crippen molar-refractivity contribution >= 4 is 40.4 Å². The van der Waals surface area contributed by atoms with Crippen molar-refractivity contribution in [2.24, 2.45) is 0 Å². The van der Waals surface area contributed by atoms with Crippen molar-refractivity contribution < 1.29 is 59.4 Å². The maximum Gasteiger partial charge on any atom is 1.00 e. The van der Waals surface area contributed by atoms with Gasteiger partial charge in [0.1, 0.15) is 0 Å². The molecule has 0 radical (unpaired) electrons. The fourth-order valence-corrected chi connectivity index (χ4v) is 2.71. The molecule has 4 aromatic rings. The number of aromatic nitrogens is 2. The minimum atomic E-state index is -1.55. The summed E-state index contributed by atoms with van der Waals surface area (Å²) in [7, 11) is -1.55. The van der Waals surface area contributed by atoms with Gasteiger partial charge < -0.3 is 25.1 Å². The Morgan fingerprint density at radius 2 is 1.14 bits per heavy atom. The van der Waals surface area contributed by atoms with Gasteiger partial charge in [-0.1, -0.05) is 52.3 Å². The predicted octanol–water partition coefficient (Wildman–Crippen LogP) is -0.975. The van der Waals surface area contributed by atoms with Crippen LogP contribution in [0.25, 0.3) is 11.1 Å². The molecular weight excluding hydrogens is 526 g/mol. The van der Waals surface area contributed by atoms with E-state index in [-0.39, 0.29) is 46.1 Å². The molecule has 172 valence electrons. The van der Waals surface area contributed by atoms with Crippen LogP contribution in [0.2, 0.25) is 0 Å². The molecule has 11 heteroatoms. The predicted molar refractivity (Wildman–Crippen MR) is 129 cm³/mol. The van der Waals surface area contributed by atoms with Gasteiger partial charge in [-0.3, -0.25) is 9.97 Å². The summed E-state index contributed by atoms with van der Waals surface area (Å²) in [5, 5.41) is 36.3. The molecule has 2 heterocycles. The van der Waals surface area contributed by atoms with Gasteiger partial charge in [0.25, 0.3) is 0 Å². The molecule has 2 aromatic heterocycles. The standard InChI is InChI=1S/C12H9NO2.C7H7BO4.C5H4BrN.Na/c14-12(15)11-3-1-9(2-4-11)10-5-7-13-8-6-10;9-7(10)5-1-3-6(4-2-5)8(11)12;6-5-1-3-7-4-2-5;/h1-8H,(H,14,15);1-4,11-12H,(H,9,10);1-4H;/q;;;+1/p-1. The smallest absolute Gasteiger partial charge is 0.545 e. The summed E-state index contributed by atoms with van der Waals surface area (Å²) < 4.78 is 1.07. The third kappa shape index (κ3) is 11.0. The van der Waals surface area contributed by atoms with E-state index < -0.39 is 19.1 Å². The Labute approximate surface area is 232 Å². The van der Waals surface area contributed by atoms with Crippen LogP contribution in [-0.4, -0.2) is 44.2 Å². The number of hydrogen-bond donors (Lipinski definition) is 3. The third-order valence-corrected chi connectivity index (χ3v) is 4.76. The average molecular weight is 545 g/mol. The number of carbonyl (C=O) groups is 2. The third-order valence-electron chi connectivity index (χ3n) is 4.23. The van der Waals surface area contributed by atoms with E-state index >= 15 is 0 Å². The second kappa shape index (κ2) is 15.9. The van der Waals surface area contributed by atoms with Crippen LogP contribution in [-0.2, 0) is 0 Å². The number of hydrogen-bond acceptors (Lipinski definition) is 7. The summed E-state index contributed by atoms with van der Waals surface area (Å²) in [4.78, 5) is 28.6. The maximum atomic E-state index is 10.5. The minimum Gasteiger partial charge on any atom is -0.545 e. The fraction of sp³-hybridized carbons (Fsp3) is 0. The molecule has 8 nitrogen and oxygen atoms in total. The summed E-state index contributed by atoms with van der Waals surface area (Å²) in [6, 6.07) is 19.4. The van der Waals surface area contributed by atoms with Gasteiger partial charge in [0.15, 0.2) is 0 Å². The number of halogens is 1. The normalized spacial score (nSPS) is 9.23. The van der Waals surface area contributed by atoms with Crippen molar-refractivity contribution in [2.75, 3.05) is 0 Å². The van der Waals surface area contributed by atoms with Crippen LogP contribution in [0.4, 0.5) is 0 Å². The van der Waals surface area contributed by atoms with E-state index in [1.165, 1.54) is 36.4 Å². The van der Waals surface area contributed by atoms with Crippen molar-refractivity contribution in [1.29, 1.82) is 0 Å². The first-order valence-corrected chi connectivity index (χ1v) is 10.5. The van der Waals surface area contributed by atoms with E-state index in [9.17, 15) is 14.7 Å². The first-order chi connectivity index (χ1) is 16.3. The maximum absolute atomic E-state index is 10.5. The van der Waals surface area contributed by atoms with Crippen molar-refractivity contribution in [3.8, 4) is 11.1 Å². The zero-order valence-corrected chi connectivity index (χ0v) is 22.2. The second-order valence-electron chi connectivity index (χ2n) is 6.57. The number of carboxylic acids is 2. The van der Waals surface area contributed by atoms with Crippen LogP contribution in [0.5, 0.6) is 0 Å². The molecule has 35 heavy (non-hydrogen) atoms. The molecular formula is C24H19BBrN2NaO6. The van der Waals surface area contributed by atoms with Gasteiger partial charge in [-0.15, -0.1) is 0 Å². The zero-order valence-electron chi connectivity index (χ0n) is 18.7. The summed E-state index contributed by atoms with van der Waals surface area (Å²) in [6.45, 7) is 0. The van der Waals surface area contributed by atoms with E-state index in [1.54, 1.807) is 36.9 Å². The van der Waals surface area contributed by atoms with E-state index in [4.69, 9.17) is 15.2 Å². The summed E-state index contributed by atoms with van der Waals surface area (Å²) >= 11 is 3.27. The summed E-state index contributed by atoms with van der Waals surface area (Å²) in [6.07, 6.45) is 6.87. The van der Waals surface area contributed by atoms with Crippen LogP contribution < -0.4 is 40.1 Å². The van der Waals surface area contributed by atoms with Crippen LogP contribution in [0, 0.1) is 0 Å². The Morgan fingerprint density at radius 1 is 0.714 bits per heavy atom. The number of pyridine rings is 2. The molecule has 0 amide bonds. The number of rotatable bonds is 4. The monoisotopic (exact) mass is 544 g/mol. The number of carbonyl (C=O) groups excluding carboxylic acids is 1. The molecule has 0 fully saturated rings. The van der Waals surface area contributed by atoms with Crippen molar-refractivity contribution in [1.82, 2.24) is 9.97 Å². The minimum absolute atomic E-state index is 0. The van der Waals surface area contributed by atoms with E-state index in [1.807, 2.05) is 24.3 Å². The Bertz CT molecular complexity index is 1180. The SMILES string of the molecule is Brc1ccncc1.O=C(O)c1ccc(B(O)O)cc1.O=C([O-])c1ccc(-c2ccncc2)cc1.[Na+]. The molecule has 3 N–H and O–H groups in total. The second-order valence-corrected chi connectivity index (χ2v) is 7.48. The van der Waals surface area contributed by atoms with Crippen LogP contribution in [0.15, 0.2) is 102 Å². The quantitative estimate of drug-likeness (QED) is 0.278. The topological polar surface area (TPSA) is 144 Å². The molecule has 0 atom stereocenters. The van der Waals surface area contributed by atoms with Crippen molar-refractivity contribution in [2.45, 2.75) is 0 Å². The first-order valence-electron chi connectivity index (χ1n) is 9.74. The van der Waals surface area contributed by atoms with Crippen molar-refractivity contribution in [3.63, 3.8) is 0 Å². The Hall–Kier alpha value is -2.86. The van der Waals surface area contributed by atoms with Gasteiger partial charge in [0.2, 0.25) is 0 Å². The Morgan fingerprint density at radius 3 is 1.51 bits per heavy atom. The zero-order chi connectivity index (χ0) is 24.9. The summed E-state index contributed by atoms with van der Waals surface area (Å²) in [5.41, 5.74) is 2.56. The van der Waals surface area contributed by atoms with Gasteiger partial charge >= 0.3 is 42.6 Å². The Balaban J connectivity index is 0.000000275. The molecule has 0 saturated heterocycles. The van der Waals surface area contributed by atoms with Gasteiger partial charge in [0, 0.05) is 29.3 Å². The van der Waals surface area contributed by atoms with Gasteiger partial charge in [-0.2, -0.15) is 0 Å². The van der Waals surface area contributed by atoms with E-state index in [2.05, 4.69) is 25.9 Å². The van der Waals surface area contributed by atoms with Crippen LogP contribution >= 0.6 is 15.9 Å². The number of nitrogens with zero attached hydrogens (tertiary/aromatic N) is 2. The largest absolute Gasteiger partial charge is 1.00 e. The van der Waals surface area contributed by atoms with Gasteiger partial charge in [0.05, 0.1) is 11.5 Å². The number of carboxylic acid groups (broad SMARTS) is 2. The molecule has 0 spiro atoms. The number of benzene rings is 2. The number of aromatic carboxylic acids is 2. The average Bonchev–Trinajstić information content (AvgIpc) is 2.86. The first kappa shape index (κ1) is 30.2. The molecule has 0 unspecified atom stereocenters. The van der Waals surface area contributed by atoms with Crippen LogP contribution in [0.3, 0.4) is 0 Å². The molecule has 0 bridgehead atoms. The molecule has 0 aliphatic carbocycles. The van der Waals surface area contributed by atoms with Gasteiger partial charge in [-0.25, -0.2) is 4.79 Å². The van der Waals surface area contributed by atoms with E-state index in [0.29, 0.717) is 0 Å². The molecule has 2 aromatic carbocycles. The molecule has 4 rings (SSSR count).